The Kier molecular flexibility index (Phi) is 11.6. The van der Waals surface area contributed by atoms with Gasteiger partial charge in [0.15, 0.2) is 0 Å². The zero-order valence-corrected chi connectivity index (χ0v) is 8.10. The second-order valence-corrected chi connectivity index (χ2v) is 1.53. The van der Waals surface area contributed by atoms with Gasteiger partial charge in [-0.15, -0.1) is 0 Å². The zero-order chi connectivity index (χ0) is 8.31. The molecular formula is C4H6CaO7. The molecule has 66 valence electrons. The van der Waals surface area contributed by atoms with Crippen molar-refractivity contribution in [2.24, 2.45) is 0 Å². The Hall–Kier alpha value is 0.0797. The third-order valence-electron chi connectivity index (χ3n) is 0.782. The molecule has 2 atom stereocenters. The first kappa shape index (κ1) is 18.0. The van der Waals surface area contributed by atoms with Gasteiger partial charge in [-0.25, -0.2) is 0 Å². The molecule has 4 N–H and O–H groups in total. The van der Waals surface area contributed by atoms with Gasteiger partial charge in [-0.2, -0.15) is 0 Å². The molecule has 0 aliphatic heterocycles. The van der Waals surface area contributed by atoms with Gasteiger partial charge in [0.25, 0.3) is 0 Å². The van der Waals surface area contributed by atoms with Crippen LogP contribution >= 0.6 is 0 Å². The minimum atomic E-state index is -2.44. The van der Waals surface area contributed by atoms with Crippen LogP contribution in [0.15, 0.2) is 0 Å². The minimum absolute atomic E-state index is 0. The SMILES string of the molecule is O.O=C([O-])[C@@H](O)[C@@H](O)C(=O)[O-].[Ca+2]. The van der Waals surface area contributed by atoms with Crippen LogP contribution in [0, 0.1) is 0 Å². The Bertz CT molecular complexity index is 139. The van der Waals surface area contributed by atoms with Gasteiger partial charge in [0, 0.05) is 0 Å². The van der Waals surface area contributed by atoms with Crippen LogP contribution in [0.1, 0.15) is 0 Å². The van der Waals surface area contributed by atoms with E-state index in [9.17, 15) is 19.8 Å². The third kappa shape index (κ3) is 5.69. The molecule has 0 radical (unpaired) electrons. The number of carbonyl (C=O) groups is 2. The van der Waals surface area contributed by atoms with Crippen molar-refractivity contribution in [3.05, 3.63) is 0 Å². The maximum absolute atomic E-state index is 9.63. The fourth-order valence-corrected chi connectivity index (χ4v) is 0.258. The summed E-state index contributed by atoms with van der Waals surface area (Å²) in [5, 5.41) is 35.7. The molecule has 0 aromatic heterocycles. The molecule has 0 amide bonds. The number of aliphatic hydroxyl groups is 2. The van der Waals surface area contributed by atoms with E-state index in [1.807, 2.05) is 0 Å². The zero-order valence-electron chi connectivity index (χ0n) is 5.89. The summed E-state index contributed by atoms with van der Waals surface area (Å²) >= 11 is 0. The Morgan fingerprint density at radius 3 is 1.25 bits per heavy atom. The van der Waals surface area contributed by atoms with Gasteiger partial charge in [-0.3, -0.25) is 0 Å². The molecule has 0 unspecified atom stereocenters. The third-order valence-corrected chi connectivity index (χ3v) is 0.782. The number of carboxylic acids is 2. The first-order valence-electron chi connectivity index (χ1n) is 2.24. The van der Waals surface area contributed by atoms with Gasteiger partial charge in [0.1, 0.15) is 12.2 Å². The van der Waals surface area contributed by atoms with Gasteiger partial charge < -0.3 is 35.5 Å². The first-order valence-corrected chi connectivity index (χ1v) is 2.24. The van der Waals surface area contributed by atoms with Crippen LogP contribution in [-0.2, 0) is 9.59 Å². The molecule has 0 aromatic rings. The van der Waals surface area contributed by atoms with E-state index >= 15 is 0 Å². The summed E-state index contributed by atoms with van der Waals surface area (Å²) in [4.78, 5) is 19.3. The van der Waals surface area contributed by atoms with Crippen LogP contribution in [0.25, 0.3) is 0 Å². The molecule has 0 bridgehead atoms. The number of carbonyl (C=O) groups excluding carboxylic acids is 2. The number of carboxylic acid groups (broad SMARTS) is 2. The van der Waals surface area contributed by atoms with Crippen molar-refractivity contribution in [3.8, 4) is 0 Å². The predicted molar refractivity (Wildman–Crippen MR) is 31.4 cm³/mol. The largest absolute Gasteiger partial charge is 2.00 e. The Morgan fingerprint density at radius 2 is 1.17 bits per heavy atom. The summed E-state index contributed by atoms with van der Waals surface area (Å²) in [5.74, 6) is -4.12. The van der Waals surface area contributed by atoms with Gasteiger partial charge in [-0.1, -0.05) is 0 Å². The fourth-order valence-electron chi connectivity index (χ4n) is 0.258. The number of rotatable bonds is 3. The predicted octanol–water partition coefficient (Wildman–Crippen LogP) is -6.00. The maximum atomic E-state index is 9.63. The number of aliphatic carboxylic acids is 2. The van der Waals surface area contributed by atoms with Crippen molar-refractivity contribution < 1.29 is 35.5 Å². The summed E-state index contributed by atoms with van der Waals surface area (Å²) in [6.07, 6.45) is -4.88. The van der Waals surface area contributed by atoms with E-state index in [1.54, 1.807) is 0 Å². The molecule has 0 fully saturated rings. The Balaban J connectivity index is -0.000000405. The average Bonchev–Trinajstić information content (AvgIpc) is 1.84. The fraction of sp³-hybridized carbons (Fsp3) is 0.500. The average molecular weight is 206 g/mol. The topological polar surface area (TPSA) is 152 Å². The summed E-state index contributed by atoms with van der Waals surface area (Å²) in [7, 11) is 0. The first-order chi connectivity index (χ1) is 4.46. The maximum Gasteiger partial charge on any atom is 2.00 e. The molecule has 0 aliphatic carbocycles. The Morgan fingerprint density at radius 1 is 1.00 bits per heavy atom. The quantitative estimate of drug-likeness (QED) is 0.438. The van der Waals surface area contributed by atoms with E-state index in [-0.39, 0.29) is 43.2 Å². The molecule has 12 heavy (non-hydrogen) atoms. The number of hydrogen-bond acceptors (Lipinski definition) is 6. The Labute approximate surface area is 96.9 Å². The van der Waals surface area contributed by atoms with E-state index in [0.29, 0.717) is 0 Å². The molecule has 0 rings (SSSR count). The molecule has 0 aromatic carbocycles. The minimum Gasteiger partial charge on any atom is -0.547 e. The van der Waals surface area contributed by atoms with Crippen LogP contribution in [0.5, 0.6) is 0 Å². The summed E-state index contributed by atoms with van der Waals surface area (Å²) < 4.78 is 0. The summed E-state index contributed by atoms with van der Waals surface area (Å²) in [5.41, 5.74) is 0. The van der Waals surface area contributed by atoms with E-state index in [2.05, 4.69) is 0 Å². The van der Waals surface area contributed by atoms with Gasteiger partial charge >= 0.3 is 37.7 Å². The normalized spacial score (nSPS) is 13.2. The monoisotopic (exact) mass is 206 g/mol. The van der Waals surface area contributed by atoms with Gasteiger partial charge in [0.05, 0.1) is 11.9 Å². The van der Waals surface area contributed by atoms with Crippen LogP contribution in [0.3, 0.4) is 0 Å². The van der Waals surface area contributed by atoms with E-state index in [1.165, 1.54) is 0 Å². The molecule has 8 heteroatoms. The standard InChI is InChI=1S/C4H6O6.Ca.H2O/c5-1(3(7)8)2(6)4(9)10;;/h1-2,5-6H,(H,7,8)(H,9,10);;1H2/q;+2;/p-2/t1-,2+;;. The number of aliphatic hydroxyl groups excluding tert-OH is 2. The molecular weight excluding hydrogens is 200 g/mol. The van der Waals surface area contributed by atoms with Crippen LogP contribution in [-0.4, -0.2) is 77.6 Å². The van der Waals surface area contributed by atoms with E-state index in [0.717, 1.165) is 0 Å². The van der Waals surface area contributed by atoms with Gasteiger partial charge in [-0.05, 0) is 0 Å². The van der Waals surface area contributed by atoms with Gasteiger partial charge in [0.2, 0.25) is 0 Å². The summed E-state index contributed by atoms with van der Waals surface area (Å²) in [6.45, 7) is 0. The molecule has 0 spiro atoms. The molecule has 0 aliphatic rings. The smallest absolute Gasteiger partial charge is 0.547 e. The van der Waals surface area contributed by atoms with Crippen molar-refractivity contribution in [3.63, 3.8) is 0 Å². The van der Waals surface area contributed by atoms with E-state index < -0.39 is 24.1 Å². The molecule has 0 heterocycles. The second-order valence-electron chi connectivity index (χ2n) is 1.53. The van der Waals surface area contributed by atoms with Crippen LogP contribution < -0.4 is 10.2 Å². The molecule has 0 saturated carbocycles. The molecule has 0 saturated heterocycles. The number of hydrogen-bond donors (Lipinski definition) is 2. The van der Waals surface area contributed by atoms with Crippen molar-refractivity contribution in [2.45, 2.75) is 12.2 Å². The van der Waals surface area contributed by atoms with Crippen molar-refractivity contribution in [2.75, 3.05) is 0 Å². The van der Waals surface area contributed by atoms with Crippen LogP contribution in [0.4, 0.5) is 0 Å². The van der Waals surface area contributed by atoms with Crippen molar-refractivity contribution in [1.29, 1.82) is 0 Å². The van der Waals surface area contributed by atoms with Crippen molar-refractivity contribution in [1.82, 2.24) is 0 Å². The van der Waals surface area contributed by atoms with Crippen LogP contribution in [0.2, 0.25) is 0 Å². The summed E-state index contributed by atoms with van der Waals surface area (Å²) in [6, 6.07) is 0. The second kappa shape index (κ2) is 7.71. The molecule has 7 nitrogen and oxygen atoms in total. The van der Waals surface area contributed by atoms with Crippen molar-refractivity contribution >= 4 is 49.7 Å². The van der Waals surface area contributed by atoms with E-state index in [4.69, 9.17) is 10.2 Å².